The Hall–Kier alpha value is -3.08. The molecular formula is C22H20O5. The van der Waals surface area contributed by atoms with Crippen LogP contribution in [0.25, 0.3) is 11.0 Å². The number of benzene rings is 2. The molecule has 0 saturated carbocycles. The zero-order valence-corrected chi connectivity index (χ0v) is 15.3. The van der Waals surface area contributed by atoms with Crippen LogP contribution < -0.4 is 10.4 Å². The maximum absolute atomic E-state index is 12.6. The van der Waals surface area contributed by atoms with E-state index in [9.17, 15) is 9.59 Å². The van der Waals surface area contributed by atoms with E-state index in [1.807, 2.05) is 19.1 Å². The van der Waals surface area contributed by atoms with Gasteiger partial charge in [0.2, 0.25) is 0 Å². The van der Waals surface area contributed by atoms with Gasteiger partial charge in [0.05, 0.1) is 7.11 Å². The van der Waals surface area contributed by atoms with Crippen molar-refractivity contribution in [2.45, 2.75) is 32.8 Å². The van der Waals surface area contributed by atoms with Crippen molar-refractivity contribution in [1.82, 2.24) is 0 Å². The van der Waals surface area contributed by atoms with Gasteiger partial charge < -0.3 is 13.9 Å². The molecule has 0 fully saturated rings. The molecule has 0 radical (unpaired) electrons. The second kappa shape index (κ2) is 6.91. The largest absolute Gasteiger partial charge is 0.496 e. The molecule has 3 aromatic rings. The van der Waals surface area contributed by atoms with Gasteiger partial charge in [-0.3, -0.25) is 0 Å². The zero-order chi connectivity index (χ0) is 19.0. The summed E-state index contributed by atoms with van der Waals surface area (Å²) in [5.41, 5.74) is 4.54. The molecule has 0 unspecified atom stereocenters. The predicted octanol–water partition coefficient (Wildman–Crippen LogP) is 3.96. The topological polar surface area (TPSA) is 65.7 Å². The van der Waals surface area contributed by atoms with Gasteiger partial charge in [0, 0.05) is 17.0 Å². The van der Waals surface area contributed by atoms with Gasteiger partial charge in [0.25, 0.3) is 0 Å². The van der Waals surface area contributed by atoms with E-state index < -0.39 is 11.6 Å². The van der Waals surface area contributed by atoms with Gasteiger partial charge in [-0.05, 0) is 61.6 Å². The Bertz CT molecular complexity index is 1090. The molecule has 0 saturated heterocycles. The summed E-state index contributed by atoms with van der Waals surface area (Å²) in [6, 6.07) is 10.7. The predicted molar refractivity (Wildman–Crippen MR) is 101 cm³/mol. The van der Waals surface area contributed by atoms with E-state index in [0.29, 0.717) is 22.5 Å². The summed E-state index contributed by atoms with van der Waals surface area (Å²) < 4.78 is 16.1. The fraction of sp³-hybridized carbons (Fsp3) is 0.273. The van der Waals surface area contributed by atoms with Crippen molar-refractivity contribution in [3.63, 3.8) is 0 Å². The maximum Gasteiger partial charge on any atom is 0.342 e. The minimum absolute atomic E-state index is 0.00316. The molecule has 2 aromatic carbocycles. The minimum Gasteiger partial charge on any atom is -0.496 e. The Kier molecular flexibility index (Phi) is 4.44. The SMILES string of the molecule is COc1ccc(C)cc1C(=O)OCc1cc(=O)oc2cc3c(cc12)CCC3. The van der Waals surface area contributed by atoms with Crippen molar-refractivity contribution in [3.8, 4) is 5.75 Å². The second-order valence-corrected chi connectivity index (χ2v) is 6.84. The van der Waals surface area contributed by atoms with Crippen LogP contribution in [0.4, 0.5) is 0 Å². The van der Waals surface area contributed by atoms with Crippen LogP contribution in [0.3, 0.4) is 0 Å². The average Bonchev–Trinajstić information content (AvgIpc) is 3.11. The Balaban J connectivity index is 1.65. The van der Waals surface area contributed by atoms with E-state index in [-0.39, 0.29) is 6.61 Å². The maximum atomic E-state index is 12.6. The Labute approximate surface area is 156 Å². The van der Waals surface area contributed by atoms with Crippen LogP contribution in [-0.2, 0) is 24.2 Å². The molecule has 1 heterocycles. The number of methoxy groups -OCH3 is 1. The molecule has 1 aliphatic carbocycles. The summed E-state index contributed by atoms with van der Waals surface area (Å²) in [5, 5.41) is 0.819. The highest BCUT2D eigenvalue weighted by molar-refractivity contribution is 5.93. The number of carbonyl (C=O) groups is 1. The highest BCUT2D eigenvalue weighted by Crippen LogP contribution is 2.29. The molecule has 27 heavy (non-hydrogen) atoms. The summed E-state index contributed by atoms with van der Waals surface area (Å²) in [5.74, 6) is -0.0287. The summed E-state index contributed by atoms with van der Waals surface area (Å²) in [4.78, 5) is 24.5. The first-order valence-electron chi connectivity index (χ1n) is 8.95. The van der Waals surface area contributed by atoms with Crippen LogP contribution in [0.15, 0.2) is 45.6 Å². The third-order valence-electron chi connectivity index (χ3n) is 4.98. The van der Waals surface area contributed by atoms with E-state index in [1.54, 1.807) is 12.1 Å². The highest BCUT2D eigenvalue weighted by Gasteiger charge is 2.18. The van der Waals surface area contributed by atoms with Crippen LogP contribution in [0.5, 0.6) is 5.75 Å². The molecule has 0 aliphatic heterocycles. The Morgan fingerprint density at radius 1 is 1.11 bits per heavy atom. The summed E-state index contributed by atoms with van der Waals surface area (Å²) in [7, 11) is 1.51. The van der Waals surface area contributed by atoms with Gasteiger partial charge in [-0.1, -0.05) is 11.6 Å². The monoisotopic (exact) mass is 364 g/mol. The number of fused-ring (bicyclic) bond motifs is 2. The quantitative estimate of drug-likeness (QED) is 0.518. The van der Waals surface area contributed by atoms with E-state index >= 15 is 0 Å². The van der Waals surface area contributed by atoms with Crippen molar-refractivity contribution in [2.24, 2.45) is 0 Å². The van der Waals surface area contributed by atoms with E-state index in [4.69, 9.17) is 13.9 Å². The molecule has 5 nitrogen and oxygen atoms in total. The summed E-state index contributed by atoms with van der Waals surface area (Å²) in [6.45, 7) is 1.89. The molecule has 138 valence electrons. The van der Waals surface area contributed by atoms with Crippen molar-refractivity contribution in [2.75, 3.05) is 7.11 Å². The normalized spacial score (nSPS) is 12.8. The van der Waals surface area contributed by atoms with Crippen molar-refractivity contribution < 1.29 is 18.7 Å². The Morgan fingerprint density at radius 3 is 2.67 bits per heavy atom. The van der Waals surface area contributed by atoms with Gasteiger partial charge in [-0.15, -0.1) is 0 Å². The van der Waals surface area contributed by atoms with E-state index in [2.05, 4.69) is 6.07 Å². The fourth-order valence-corrected chi connectivity index (χ4v) is 3.62. The van der Waals surface area contributed by atoms with Crippen molar-refractivity contribution >= 4 is 16.9 Å². The van der Waals surface area contributed by atoms with Crippen LogP contribution in [-0.4, -0.2) is 13.1 Å². The number of carbonyl (C=O) groups excluding carboxylic acids is 1. The smallest absolute Gasteiger partial charge is 0.342 e. The lowest BCUT2D eigenvalue weighted by Gasteiger charge is -2.11. The van der Waals surface area contributed by atoms with Crippen LogP contribution in [0.1, 0.15) is 39.0 Å². The molecular weight excluding hydrogens is 344 g/mol. The molecule has 0 spiro atoms. The molecule has 1 aliphatic rings. The van der Waals surface area contributed by atoms with Gasteiger partial charge in [0.1, 0.15) is 23.5 Å². The molecule has 0 bridgehead atoms. The molecule has 4 rings (SSSR count). The van der Waals surface area contributed by atoms with Crippen LogP contribution >= 0.6 is 0 Å². The van der Waals surface area contributed by atoms with Crippen LogP contribution in [0.2, 0.25) is 0 Å². The standard InChI is InChI=1S/C22H20O5/c1-13-6-7-19(25-2)18(8-13)22(24)26-12-16-11-21(23)27-20-10-15-5-3-4-14(15)9-17(16)20/h6-11H,3-5,12H2,1-2H3. The molecule has 0 atom stereocenters. The summed E-state index contributed by atoms with van der Waals surface area (Å²) >= 11 is 0. The third kappa shape index (κ3) is 3.33. The first kappa shape index (κ1) is 17.3. The number of rotatable bonds is 4. The van der Waals surface area contributed by atoms with Gasteiger partial charge in [-0.25, -0.2) is 9.59 Å². The van der Waals surface area contributed by atoms with Gasteiger partial charge in [0.15, 0.2) is 0 Å². The average molecular weight is 364 g/mol. The highest BCUT2D eigenvalue weighted by atomic mass is 16.5. The fourth-order valence-electron chi connectivity index (χ4n) is 3.62. The zero-order valence-electron chi connectivity index (χ0n) is 15.3. The van der Waals surface area contributed by atoms with E-state index in [0.717, 1.165) is 30.2 Å². The molecule has 1 aromatic heterocycles. The summed E-state index contributed by atoms with van der Waals surface area (Å²) in [6.07, 6.45) is 3.12. The molecule has 0 amide bonds. The second-order valence-electron chi connectivity index (χ2n) is 6.84. The number of hydrogen-bond acceptors (Lipinski definition) is 5. The number of ether oxygens (including phenoxy) is 2. The first-order valence-corrected chi connectivity index (χ1v) is 8.95. The lowest BCUT2D eigenvalue weighted by Crippen LogP contribution is -2.09. The number of hydrogen-bond donors (Lipinski definition) is 0. The third-order valence-corrected chi connectivity index (χ3v) is 4.98. The van der Waals surface area contributed by atoms with Gasteiger partial charge in [-0.2, -0.15) is 0 Å². The van der Waals surface area contributed by atoms with Crippen molar-refractivity contribution in [1.29, 1.82) is 0 Å². The van der Waals surface area contributed by atoms with Crippen LogP contribution in [0, 0.1) is 6.92 Å². The Morgan fingerprint density at radius 2 is 1.89 bits per heavy atom. The molecule has 0 N–H and O–H groups in total. The first-order chi connectivity index (χ1) is 13.0. The lowest BCUT2D eigenvalue weighted by atomic mass is 10.0. The minimum atomic E-state index is -0.488. The van der Waals surface area contributed by atoms with Crippen molar-refractivity contribution in [3.05, 3.63) is 74.6 Å². The van der Waals surface area contributed by atoms with E-state index in [1.165, 1.54) is 24.3 Å². The lowest BCUT2D eigenvalue weighted by molar-refractivity contribution is 0.0470. The van der Waals surface area contributed by atoms with Gasteiger partial charge >= 0.3 is 11.6 Å². The number of aryl methyl sites for hydroxylation is 3. The number of esters is 1. The molecule has 5 heteroatoms.